The van der Waals surface area contributed by atoms with Gasteiger partial charge in [-0.25, -0.2) is 0 Å². The second kappa shape index (κ2) is 8.40. The highest BCUT2D eigenvalue weighted by Crippen LogP contribution is 2.21. The zero-order valence-corrected chi connectivity index (χ0v) is 13.2. The number of likely N-dealkylation sites (tertiary alicyclic amines) is 1. The van der Waals surface area contributed by atoms with Crippen LogP contribution in [0, 0.1) is 5.92 Å². The van der Waals surface area contributed by atoms with Crippen LogP contribution in [0.4, 0.5) is 13.2 Å². The predicted octanol–water partition coefficient (Wildman–Crippen LogP) is 3.35. The quantitative estimate of drug-likeness (QED) is 0.882. The maximum atomic E-state index is 12.0. The number of benzene rings is 1. The lowest BCUT2D eigenvalue weighted by atomic mass is 9.97. The van der Waals surface area contributed by atoms with E-state index in [0.717, 1.165) is 5.56 Å². The summed E-state index contributed by atoms with van der Waals surface area (Å²) in [5.41, 5.74) is 0.966. The molecule has 0 radical (unpaired) electrons. The van der Waals surface area contributed by atoms with E-state index in [9.17, 15) is 18.0 Å². The summed E-state index contributed by atoms with van der Waals surface area (Å²) in [6, 6.07) is 6.50. The zero-order chi connectivity index (χ0) is 16.2. The van der Waals surface area contributed by atoms with Crippen molar-refractivity contribution >= 4 is 18.4 Å². The molecule has 0 bridgehead atoms. The fraction of sp³-hybridized carbons (Fsp3) is 0.533. The standard InChI is InChI=1S/C15H18F3NO3.ClH/c16-15(17,18)10-22-13-3-1-11(2-4-13)9-19-7-5-12(6-8-19)14(20)21;/h1-4,12H,5-10H2,(H,20,21);1H. The van der Waals surface area contributed by atoms with Crippen molar-refractivity contribution in [2.75, 3.05) is 19.7 Å². The van der Waals surface area contributed by atoms with E-state index < -0.39 is 18.8 Å². The average Bonchev–Trinajstić information content (AvgIpc) is 2.46. The molecule has 0 aliphatic carbocycles. The van der Waals surface area contributed by atoms with Crippen molar-refractivity contribution < 1.29 is 27.8 Å². The van der Waals surface area contributed by atoms with Crippen LogP contribution in [-0.4, -0.2) is 41.8 Å². The highest BCUT2D eigenvalue weighted by atomic mass is 35.5. The van der Waals surface area contributed by atoms with E-state index in [1.807, 2.05) is 0 Å². The van der Waals surface area contributed by atoms with E-state index in [1.165, 1.54) is 12.1 Å². The van der Waals surface area contributed by atoms with Crippen molar-refractivity contribution in [2.45, 2.75) is 25.6 Å². The monoisotopic (exact) mass is 353 g/mol. The summed E-state index contributed by atoms with van der Waals surface area (Å²) in [4.78, 5) is 13.0. The van der Waals surface area contributed by atoms with Crippen LogP contribution < -0.4 is 4.74 Å². The van der Waals surface area contributed by atoms with Gasteiger partial charge in [0.1, 0.15) is 5.75 Å². The van der Waals surface area contributed by atoms with Crippen molar-refractivity contribution in [2.24, 2.45) is 5.92 Å². The van der Waals surface area contributed by atoms with Crippen molar-refractivity contribution in [3.63, 3.8) is 0 Å². The van der Waals surface area contributed by atoms with Gasteiger partial charge in [0.05, 0.1) is 5.92 Å². The van der Waals surface area contributed by atoms with Gasteiger partial charge in [0.2, 0.25) is 0 Å². The Bertz CT molecular complexity index is 500. The molecule has 1 aromatic rings. The van der Waals surface area contributed by atoms with Crippen LogP contribution in [0.25, 0.3) is 0 Å². The lowest BCUT2D eigenvalue weighted by Crippen LogP contribution is -2.35. The molecule has 1 aliphatic rings. The highest BCUT2D eigenvalue weighted by Gasteiger charge is 2.28. The number of carboxylic acid groups (broad SMARTS) is 1. The van der Waals surface area contributed by atoms with Crippen LogP contribution in [0.5, 0.6) is 5.75 Å². The van der Waals surface area contributed by atoms with Crippen molar-refractivity contribution in [1.82, 2.24) is 4.90 Å². The molecule has 2 rings (SSSR count). The van der Waals surface area contributed by atoms with E-state index in [-0.39, 0.29) is 24.1 Å². The van der Waals surface area contributed by atoms with Gasteiger partial charge >= 0.3 is 12.1 Å². The lowest BCUT2D eigenvalue weighted by molar-refractivity contribution is -0.153. The van der Waals surface area contributed by atoms with E-state index in [4.69, 9.17) is 5.11 Å². The number of alkyl halides is 3. The van der Waals surface area contributed by atoms with Crippen molar-refractivity contribution in [1.29, 1.82) is 0 Å². The summed E-state index contributed by atoms with van der Waals surface area (Å²) in [6.07, 6.45) is -3.09. The van der Waals surface area contributed by atoms with Gasteiger partial charge in [0.15, 0.2) is 6.61 Å². The molecule has 8 heteroatoms. The van der Waals surface area contributed by atoms with Gasteiger partial charge in [-0.1, -0.05) is 12.1 Å². The van der Waals surface area contributed by atoms with Gasteiger partial charge in [-0.15, -0.1) is 12.4 Å². The zero-order valence-electron chi connectivity index (χ0n) is 12.4. The van der Waals surface area contributed by atoms with Gasteiger partial charge < -0.3 is 9.84 Å². The SMILES string of the molecule is Cl.O=C(O)C1CCN(Cc2ccc(OCC(F)(F)F)cc2)CC1. The number of halogens is 4. The van der Waals surface area contributed by atoms with Gasteiger partial charge in [0.25, 0.3) is 0 Å². The molecule has 0 atom stereocenters. The summed E-state index contributed by atoms with van der Waals surface area (Å²) >= 11 is 0. The fourth-order valence-corrected chi connectivity index (χ4v) is 2.45. The number of carboxylic acids is 1. The molecule has 0 aromatic heterocycles. The number of nitrogens with zero attached hydrogens (tertiary/aromatic N) is 1. The number of ether oxygens (including phenoxy) is 1. The van der Waals surface area contributed by atoms with Gasteiger partial charge in [-0.3, -0.25) is 9.69 Å². The molecule has 1 N–H and O–H groups in total. The minimum Gasteiger partial charge on any atom is -0.484 e. The number of aliphatic carboxylic acids is 1. The molecule has 1 fully saturated rings. The first-order chi connectivity index (χ1) is 10.3. The third-order valence-electron chi connectivity index (χ3n) is 3.67. The summed E-state index contributed by atoms with van der Waals surface area (Å²) in [6.45, 7) is 0.785. The first-order valence-electron chi connectivity index (χ1n) is 7.07. The molecule has 0 saturated carbocycles. The second-order valence-corrected chi connectivity index (χ2v) is 5.44. The Morgan fingerprint density at radius 2 is 1.78 bits per heavy atom. The molecular weight excluding hydrogens is 335 g/mol. The van der Waals surface area contributed by atoms with Crippen molar-refractivity contribution in [3.8, 4) is 5.75 Å². The first kappa shape index (κ1) is 19.6. The van der Waals surface area contributed by atoms with Crippen LogP contribution in [0.2, 0.25) is 0 Å². The molecule has 0 spiro atoms. The second-order valence-electron chi connectivity index (χ2n) is 5.44. The van der Waals surface area contributed by atoms with Crippen molar-refractivity contribution in [3.05, 3.63) is 29.8 Å². The minimum absolute atomic E-state index is 0. The van der Waals surface area contributed by atoms with E-state index >= 15 is 0 Å². The van der Waals surface area contributed by atoms with E-state index in [2.05, 4.69) is 9.64 Å². The smallest absolute Gasteiger partial charge is 0.422 e. The molecular formula is C15H19ClF3NO3. The summed E-state index contributed by atoms with van der Waals surface area (Å²) < 4.78 is 40.8. The van der Waals surface area contributed by atoms with Gasteiger partial charge in [0, 0.05) is 6.54 Å². The first-order valence-corrected chi connectivity index (χ1v) is 7.07. The third-order valence-corrected chi connectivity index (χ3v) is 3.67. The highest BCUT2D eigenvalue weighted by molar-refractivity contribution is 5.85. The fourth-order valence-electron chi connectivity index (χ4n) is 2.45. The average molecular weight is 354 g/mol. The molecule has 130 valence electrons. The maximum absolute atomic E-state index is 12.0. The molecule has 4 nitrogen and oxygen atoms in total. The molecule has 1 heterocycles. The summed E-state index contributed by atoms with van der Waals surface area (Å²) in [5, 5.41) is 8.94. The molecule has 1 aliphatic heterocycles. The van der Waals surface area contributed by atoms with E-state index in [0.29, 0.717) is 32.5 Å². The van der Waals surface area contributed by atoms with Gasteiger partial charge in [-0.05, 0) is 43.6 Å². The molecule has 1 saturated heterocycles. The number of carbonyl (C=O) groups is 1. The van der Waals surface area contributed by atoms with Crippen LogP contribution in [0.15, 0.2) is 24.3 Å². The largest absolute Gasteiger partial charge is 0.484 e. The minimum atomic E-state index is -4.34. The number of rotatable bonds is 5. The Kier molecular flexibility index (Phi) is 7.15. The Hall–Kier alpha value is -1.47. The van der Waals surface area contributed by atoms with Crippen LogP contribution >= 0.6 is 12.4 Å². The lowest BCUT2D eigenvalue weighted by Gasteiger charge is -2.30. The Morgan fingerprint density at radius 1 is 1.22 bits per heavy atom. The normalized spacial score (nSPS) is 16.7. The Morgan fingerprint density at radius 3 is 2.26 bits per heavy atom. The molecule has 0 amide bonds. The Labute approximate surface area is 138 Å². The topological polar surface area (TPSA) is 49.8 Å². The predicted molar refractivity (Wildman–Crippen MR) is 80.9 cm³/mol. The van der Waals surface area contributed by atoms with Crippen LogP contribution in [-0.2, 0) is 11.3 Å². The number of hydrogen-bond donors (Lipinski definition) is 1. The van der Waals surface area contributed by atoms with Crippen LogP contribution in [0.3, 0.4) is 0 Å². The van der Waals surface area contributed by atoms with Gasteiger partial charge in [-0.2, -0.15) is 13.2 Å². The molecule has 0 unspecified atom stereocenters. The maximum Gasteiger partial charge on any atom is 0.422 e. The number of hydrogen-bond acceptors (Lipinski definition) is 3. The Balaban J connectivity index is 0.00000264. The molecule has 1 aromatic carbocycles. The number of piperidine rings is 1. The summed E-state index contributed by atoms with van der Waals surface area (Å²) in [5.74, 6) is -0.828. The third kappa shape index (κ3) is 6.66. The van der Waals surface area contributed by atoms with Crippen LogP contribution in [0.1, 0.15) is 18.4 Å². The molecule has 23 heavy (non-hydrogen) atoms. The van der Waals surface area contributed by atoms with E-state index in [1.54, 1.807) is 12.1 Å². The summed E-state index contributed by atoms with van der Waals surface area (Å²) in [7, 11) is 0.